The highest BCUT2D eigenvalue weighted by Gasteiger charge is 2.43. The molecule has 0 saturated carbocycles. The van der Waals surface area contributed by atoms with Crippen LogP contribution in [0.1, 0.15) is 69.2 Å². The average molecular weight is 1780 g/mol. The number of phenolic OH excluding ortho intramolecular Hbond substituents is 2. The number of nitrogens with one attached hydrogen (secondary N) is 2. The Bertz CT molecular complexity index is 5940. The maximum absolute atomic E-state index is 16.6. The topological polar surface area (TPSA) is 269 Å². The van der Waals surface area contributed by atoms with Crippen LogP contribution in [-0.4, -0.2) is 260 Å². The molecule has 6 fully saturated rings. The van der Waals surface area contributed by atoms with Gasteiger partial charge in [-0.05, 0) is 156 Å². The molecule has 0 bridgehead atoms. The molecule has 6 aliphatic heterocycles. The molecule has 0 radical (unpaired) electrons. The summed E-state index contributed by atoms with van der Waals surface area (Å²) in [5.41, 5.74) is -0.849. The van der Waals surface area contributed by atoms with Gasteiger partial charge in [0.2, 0.25) is 29.7 Å². The Morgan fingerprint density at radius 1 is 0.528 bits per heavy atom. The molecular formula is C90H100Cl3F6N21O5. The molecule has 10 heterocycles. The number of fused-ring (bicyclic) bond motifs is 4. The van der Waals surface area contributed by atoms with Crippen LogP contribution in [0, 0.1) is 52.2 Å². The number of carbonyl (C=O) groups is 3. The van der Waals surface area contributed by atoms with E-state index in [4.69, 9.17) is 49.8 Å². The molecule has 6 saturated heterocycles. The minimum Gasteiger partial charge on any atom is -0.507 e. The van der Waals surface area contributed by atoms with Crippen molar-refractivity contribution in [2.45, 2.75) is 130 Å². The van der Waals surface area contributed by atoms with Gasteiger partial charge in [0.15, 0.2) is 17.5 Å². The summed E-state index contributed by atoms with van der Waals surface area (Å²) in [7, 11) is 7.93. The van der Waals surface area contributed by atoms with Gasteiger partial charge in [0.25, 0.3) is 5.91 Å². The first kappa shape index (κ1) is 89.9. The Morgan fingerprint density at radius 3 is 1.29 bits per heavy atom. The summed E-state index contributed by atoms with van der Waals surface area (Å²) >= 11 is 19.9. The van der Waals surface area contributed by atoms with Crippen LogP contribution >= 0.6 is 34.8 Å². The zero-order chi connectivity index (χ0) is 90.1. The number of aromatic hydroxyl groups is 2. The highest BCUT2D eigenvalue weighted by molar-refractivity contribution is 6.36. The number of benzene rings is 6. The van der Waals surface area contributed by atoms with Crippen molar-refractivity contribution in [3.63, 3.8) is 0 Å². The van der Waals surface area contributed by atoms with E-state index in [0.717, 1.165) is 12.1 Å². The second-order valence-corrected chi connectivity index (χ2v) is 35.2. The Hall–Kier alpha value is -11.3. The molecule has 4 N–H and O–H groups in total. The normalized spacial score (nSPS) is 19.8. The van der Waals surface area contributed by atoms with E-state index in [1.165, 1.54) is 54.6 Å². The van der Waals surface area contributed by atoms with Crippen molar-refractivity contribution >= 4 is 131 Å². The first-order valence-electron chi connectivity index (χ1n) is 41.5. The molecule has 6 atom stereocenters. The molecule has 658 valence electrons. The first-order chi connectivity index (χ1) is 59.4. The van der Waals surface area contributed by atoms with Gasteiger partial charge in [-0.1, -0.05) is 80.0 Å². The van der Waals surface area contributed by atoms with Gasteiger partial charge in [0, 0.05) is 183 Å². The lowest BCUT2D eigenvalue weighted by atomic mass is 9.99. The fraction of sp³-hybridized carbons (Fsp3) is 0.411. The summed E-state index contributed by atoms with van der Waals surface area (Å²) in [6, 6.07) is 17.1. The molecule has 35 heteroatoms. The lowest BCUT2D eigenvalue weighted by molar-refractivity contribution is -0.130. The number of halogens is 9. The number of aromatic nitrogens is 8. The van der Waals surface area contributed by atoms with Gasteiger partial charge in [-0.2, -0.15) is 25.3 Å². The van der Waals surface area contributed by atoms with E-state index >= 15 is 17.6 Å². The Balaban J connectivity index is 0.000000153. The van der Waals surface area contributed by atoms with Crippen LogP contribution in [0.15, 0.2) is 110 Å². The second kappa shape index (κ2) is 36.3. The first-order valence-corrected chi connectivity index (χ1v) is 42.7. The average Bonchev–Trinajstić information content (AvgIpc) is 1.49. The van der Waals surface area contributed by atoms with E-state index in [1.54, 1.807) is 39.1 Å². The molecule has 0 unspecified atom stereocenters. The second-order valence-electron chi connectivity index (χ2n) is 34.0. The van der Waals surface area contributed by atoms with Crippen molar-refractivity contribution in [2.75, 3.05) is 136 Å². The predicted octanol–water partition coefficient (Wildman–Crippen LogP) is 14.4. The molecule has 0 spiro atoms. The van der Waals surface area contributed by atoms with E-state index in [1.807, 2.05) is 107 Å². The number of H-pyrrole nitrogens is 1. The van der Waals surface area contributed by atoms with Gasteiger partial charge in [-0.15, -0.1) is 0 Å². The standard InChI is InChI=1S/C32H36ClF2N7O2.C30H35ClF2N6O2.C28H29ClF2N8O/c1-17(2)10-20(12-36)31(44)42-14-18(3)41(13-19(42)4)30-22-11-23(33)26(27-24(34)8-7-9-25(27)43)28(35)29(22)37-32(38-30)40-15-21(16-40)39(5)6;1-7-24(41)38-12-18(5)39(13-17(38)4)29-20-11-21(31)25(26-22(32)9-8-10-23(26)40)27(33)28(20)34-30(35-29)37-14-19(15-37)36(6)16(2)3;1-5-21(40)38-10-15(3)39(11-14(38)2)27-18-8-19(29)22(23-20(30)7-6-16-9-33-36-25(16)23)24(31)26(18)34-28(35-27)37-12-17(13-37)32-4/h7-11,17-19,21,43H,13-16H2,1-6H3;7-11,16-19,40H,1,12-15H2,2-6H3;5-9,14-15,17,32H,1,10-13H2,2-4H3,(H,33,36)/b20-10+;;/t18-,19+;17-,18+;14-,15+/m011/s1. The fourth-order valence-corrected chi connectivity index (χ4v) is 18.0. The zero-order valence-corrected chi connectivity index (χ0v) is 74.2. The third kappa shape index (κ3) is 17.1. The van der Waals surface area contributed by atoms with E-state index in [-0.39, 0.29) is 143 Å². The number of phenols is 2. The van der Waals surface area contributed by atoms with Crippen LogP contribution in [-0.2, 0) is 14.4 Å². The molecule has 0 aliphatic carbocycles. The number of hydrogen-bond acceptors (Lipinski definition) is 22. The molecule has 16 rings (SSSR count). The number of hydrogen-bond donors (Lipinski definition) is 4. The van der Waals surface area contributed by atoms with Gasteiger partial charge in [-0.25, -0.2) is 41.3 Å². The number of amides is 3. The highest BCUT2D eigenvalue weighted by atomic mass is 35.5. The largest absolute Gasteiger partial charge is 0.507 e. The maximum Gasteiger partial charge on any atom is 0.264 e. The number of carbonyl (C=O) groups excluding carboxylic acids is 3. The lowest BCUT2D eigenvalue weighted by Crippen LogP contribution is -2.60. The van der Waals surface area contributed by atoms with E-state index < -0.39 is 46.4 Å². The minimum absolute atomic E-state index is 0.00106. The quantitative estimate of drug-likeness (QED) is 0.0375. The van der Waals surface area contributed by atoms with Crippen LogP contribution in [0.5, 0.6) is 11.5 Å². The van der Waals surface area contributed by atoms with Crippen molar-refractivity contribution in [3.05, 3.63) is 160 Å². The Morgan fingerprint density at radius 2 is 0.912 bits per heavy atom. The summed E-state index contributed by atoms with van der Waals surface area (Å²) in [6.45, 7) is 33.4. The number of likely N-dealkylation sites (N-methyl/N-ethyl adjacent to an activating group) is 3. The molecular weight excluding hydrogens is 1680 g/mol. The van der Waals surface area contributed by atoms with E-state index in [9.17, 15) is 38.6 Å². The van der Waals surface area contributed by atoms with Crippen LogP contribution < -0.4 is 34.7 Å². The van der Waals surface area contributed by atoms with Crippen LogP contribution in [0.25, 0.3) is 77.0 Å². The van der Waals surface area contributed by atoms with Gasteiger partial charge in [-0.3, -0.25) is 24.4 Å². The number of anilines is 6. The van der Waals surface area contributed by atoms with Crippen molar-refractivity contribution in [3.8, 4) is 50.9 Å². The number of nitriles is 1. The third-order valence-electron chi connectivity index (χ3n) is 24.6. The Labute approximate surface area is 735 Å². The fourth-order valence-electron chi connectivity index (χ4n) is 17.1. The summed E-state index contributed by atoms with van der Waals surface area (Å²) in [4.78, 5) is 88.5. The molecule has 4 aromatic heterocycles. The number of piperazine rings is 3. The minimum atomic E-state index is -0.866. The van der Waals surface area contributed by atoms with Crippen LogP contribution in [0.2, 0.25) is 15.1 Å². The summed E-state index contributed by atoms with van der Waals surface area (Å²) in [5, 5.41) is 42.1. The summed E-state index contributed by atoms with van der Waals surface area (Å²) < 4.78 is 94.5. The van der Waals surface area contributed by atoms with Gasteiger partial charge in [0.1, 0.15) is 74.6 Å². The molecule has 6 aliphatic rings. The molecule has 3 amide bonds. The van der Waals surface area contributed by atoms with Crippen LogP contribution in [0.3, 0.4) is 0 Å². The third-order valence-corrected chi connectivity index (χ3v) is 25.5. The number of nitrogens with zero attached hydrogens (tertiary/aromatic N) is 19. The monoisotopic (exact) mass is 1770 g/mol. The van der Waals surface area contributed by atoms with Crippen molar-refractivity contribution < 1.29 is 50.9 Å². The van der Waals surface area contributed by atoms with Gasteiger partial charge >= 0.3 is 0 Å². The maximum atomic E-state index is 16.6. The van der Waals surface area contributed by atoms with Gasteiger partial charge in [0.05, 0.1) is 37.9 Å². The number of rotatable bonds is 17. The highest BCUT2D eigenvalue weighted by Crippen LogP contribution is 2.48. The Kier molecular flexibility index (Phi) is 26.1. The lowest BCUT2D eigenvalue weighted by Gasteiger charge is -2.46. The molecule has 10 aromatic rings. The molecule has 125 heavy (non-hydrogen) atoms. The molecule has 6 aromatic carbocycles. The predicted molar refractivity (Wildman–Crippen MR) is 479 cm³/mol. The number of allylic oxidation sites excluding steroid dienone is 1. The number of aromatic amines is 1. The van der Waals surface area contributed by atoms with Crippen molar-refractivity contribution in [1.82, 2.24) is 69.9 Å². The van der Waals surface area contributed by atoms with E-state index in [0.29, 0.717) is 153 Å². The van der Waals surface area contributed by atoms with Gasteiger partial charge < -0.3 is 64.5 Å². The SMILES string of the molecule is C=CC(=O)N1C[C@H](C)N(c2nc(N3CC(N(C)C(C)C)C3)nc3c(F)c(-c4c(O)cccc4F)c(Cl)cc23)C[C@H]1C.C=CC(=O)N1C[C@H](C)N(c2nc(N3CC(NC)C3)nc3c(F)c(-c4c(F)ccc5cn[nH]c45)c(Cl)cc23)C[C@H]1C.CC(C)/C=C(\C#N)C(=O)N1C[C@H](C)N(c2nc(N3CC(N(C)C)C3)nc3c(F)c(-c4c(O)cccc4F)c(Cl)cc23)C[C@H]1C. The molecule has 26 nitrogen and oxygen atoms in total. The smallest absolute Gasteiger partial charge is 0.264 e. The van der Waals surface area contributed by atoms with E-state index in [2.05, 4.69) is 79.2 Å². The van der Waals surface area contributed by atoms with Crippen molar-refractivity contribution in [1.29, 1.82) is 5.26 Å². The zero-order valence-electron chi connectivity index (χ0n) is 71.9. The van der Waals surface area contributed by atoms with Crippen molar-refractivity contribution in [2.24, 2.45) is 5.92 Å². The summed E-state index contributed by atoms with van der Waals surface area (Å²) in [6.07, 6.45) is 5.83. The van der Waals surface area contributed by atoms with Crippen LogP contribution in [0.4, 0.5) is 61.6 Å². The summed E-state index contributed by atoms with van der Waals surface area (Å²) in [5.74, 6) is -3.63.